The average Bonchev–Trinajstić information content (AvgIpc) is 2.65. The molecule has 0 spiro atoms. The number of aliphatic hydroxyl groups excluding tert-OH is 3. The monoisotopic (exact) mass is 519 g/mol. The molecule has 15 heteroatoms. The van der Waals surface area contributed by atoms with Crippen LogP contribution in [0.2, 0.25) is 0 Å². The molecule has 194 valence electrons. The van der Waals surface area contributed by atoms with Crippen LogP contribution in [0.15, 0.2) is 11.6 Å². The number of ether oxygens (including phenoxy) is 1. The van der Waals surface area contributed by atoms with Gasteiger partial charge in [-0.25, -0.2) is 9.13 Å². The molecule has 33 heavy (non-hydrogen) atoms. The van der Waals surface area contributed by atoms with E-state index in [1.807, 2.05) is 20.8 Å². The molecule has 8 atom stereocenters. The van der Waals surface area contributed by atoms with Gasteiger partial charge < -0.3 is 35.2 Å². The Bertz CT molecular complexity index is 759. The van der Waals surface area contributed by atoms with Gasteiger partial charge in [-0.1, -0.05) is 18.6 Å². The summed E-state index contributed by atoms with van der Waals surface area (Å²) >= 11 is 0. The maximum atomic E-state index is 12.3. The van der Waals surface area contributed by atoms with E-state index in [2.05, 4.69) is 15.7 Å². The summed E-state index contributed by atoms with van der Waals surface area (Å²) in [4.78, 5) is 31.1. The summed E-state index contributed by atoms with van der Waals surface area (Å²) < 4.78 is 43.3. The van der Waals surface area contributed by atoms with Crippen LogP contribution in [-0.2, 0) is 32.0 Å². The Morgan fingerprint density at radius 2 is 1.76 bits per heavy atom. The summed E-state index contributed by atoms with van der Waals surface area (Å²) in [5, 5.41) is 31.5. The molecule has 1 fully saturated rings. The molecule has 1 amide bonds. The topological polar surface area (TPSA) is 201 Å². The second kappa shape index (κ2) is 13.4. The summed E-state index contributed by atoms with van der Waals surface area (Å²) in [6.45, 7) is 5.92. The largest absolute Gasteiger partial charge is 0.483 e. The van der Waals surface area contributed by atoms with Gasteiger partial charge in [0, 0.05) is 6.92 Å². The lowest BCUT2D eigenvalue weighted by Gasteiger charge is -2.42. The number of carbonyl (C=O) groups excluding carboxylic acids is 1. The van der Waals surface area contributed by atoms with Crippen molar-refractivity contribution in [3.05, 3.63) is 11.6 Å². The van der Waals surface area contributed by atoms with Crippen molar-refractivity contribution in [2.45, 2.75) is 77.6 Å². The minimum Gasteiger partial charge on any atom is -0.394 e. The number of phosphoric acid groups is 2. The highest BCUT2D eigenvalue weighted by atomic mass is 31.3. The third kappa shape index (κ3) is 11.1. The Morgan fingerprint density at radius 1 is 1.12 bits per heavy atom. The van der Waals surface area contributed by atoms with E-state index in [1.165, 1.54) is 5.57 Å². The first-order valence-corrected chi connectivity index (χ1v) is 13.4. The van der Waals surface area contributed by atoms with Gasteiger partial charge in [0.05, 0.1) is 13.2 Å². The minimum atomic E-state index is -5.34. The van der Waals surface area contributed by atoms with E-state index < -0.39 is 58.8 Å². The molecule has 1 aliphatic rings. The second-order valence-corrected chi connectivity index (χ2v) is 11.1. The van der Waals surface area contributed by atoms with Crippen molar-refractivity contribution < 1.29 is 57.1 Å². The van der Waals surface area contributed by atoms with Crippen LogP contribution in [0, 0.1) is 5.92 Å². The molecular weight excluding hydrogens is 484 g/mol. The van der Waals surface area contributed by atoms with E-state index in [0.717, 1.165) is 19.8 Å². The van der Waals surface area contributed by atoms with Gasteiger partial charge in [-0.2, -0.15) is 4.31 Å². The Kier molecular flexibility index (Phi) is 12.3. The zero-order chi connectivity index (χ0) is 25.4. The fraction of sp³-hybridized carbons (Fsp3) is 0.833. The lowest BCUT2D eigenvalue weighted by Crippen LogP contribution is -2.64. The third-order valence-electron chi connectivity index (χ3n) is 4.77. The zero-order valence-corrected chi connectivity index (χ0v) is 20.9. The molecule has 0 radical (unpaired) electrons. The van der Waals surface area contributed by atoms with Crippen molar-refractivity contribution in [1.82, 2.24) is 5.32 Å². The smallest absolute Gasteiger partial charge is 0.394 e. The van der Waals surface area contributed by atoms with E-state index in [0.29, 0.717) is 6.42 Å². The van der Waals surface area contributed by atoms with Crippen LogP contribution in [-0.4, -0.2) is 74.9 Å². The van der Waals surface area contributed by atoms with Crippen molar-refractivity contribution in [2.24, 2.45) is 5.92 Å². The molecule has 1 saturated heterocycles. The van der Waals surface area contributed by atoms with Crippen LogP contribution in [0.3, 0.4) is 0 Å². The first kappa shape index (κ1) is 30.3. The van der Waals surface area contributed by atoms with E-state index in [9.17, 15) is 39.0 Å². The van der Waals surface area contributed by atoms with Gasteiger partial charge in [-0.3, -0.25) is 13.8 Å². The molecule has 0 aliphatic carbocycles. The minimum absolute atomic E-state index is 0.148. The number of carbonyl (C=O) groups is 1. The molecule has 0 aromatic carbocycles. The lowest BCUT2D eigenvalue weighted by atomic mass is 9.97. The first-order valence-electron chi connectivity index (χ1n) is 10.4. The number of aliphatic hydroxyl groups is 3. The Labute approximate surface area is 192 Å². The highest BCUT2D eigenvalue weighted by Crippen LogP contribution is 2.61. The SMILES string of the molecule is CC(=O)NC1C(OP(=O)(O)OP(=O)(O)OCC[C@H](C)CCC=C(C)C)OC(CO)C(O)C1O. The predicted molar refractivity (Wildman–Crippen MR) is 116 cm³/mol. The number of hydrogen-bond acceptors (Lipinski definition) is 10. The summed E-state index contributed by atoms with van der Waals surface area (Å²) in [7, 11) is -10.4. The third-order valence-corrected chi connectivity index (χ3v) is 7.41. The molecule has 0 bridgehead atoms. The fourth-order valence-electron chi connectivity index (χ4n) is 3.03. The Hall–Kier alpha value is -0.690. The van der Waals surface area contributed by atoms with Crippen molar-refractivity contribution in [3.8, 4) is 0 Å². The van der Waals surface area contributed by atoms with Gasteiger partial charge in [0.2, 0.25) is 5.91 Å². The van der Waals surface area contributed by atoms with Crippen molar-refractivity contribution in [3.63, 3.8) is 0 Å². The Morgan fingerprint density at radius 3 is 2.30 bits per heavy atom. The first-order chi connectivity index (χ1) is 15.2. The molecule has 1 heterocycles. The summed E-state index contributed by atoms with van der Waals surface area (Å²) in [6.07, 6.45) is -2.64. The van der Waals surface area contributed by atoms with Gasteiger partial charge in [-0.05, 0) is 39.0 Å². The normalized spacial score (nSPS) is 30.0. The van der Waals surface area contributed by atoms with Gasteiger partial charge in [0.15, 0.2) is 6.29 Å². The van der Waals surface area contributed by atoms with Crippen molar-refractivity contribution in [1.29, 1.82) is 0 Å². The maximum absolute atomic E-state index is 12.3. The number of phosphoric ester groups is 2. The molecule has 0 saturated carbocycles. The maximum Gasteiger partial charge on any atom is 0.483 e. The van der Waals surface area contributed by atoms with Gasteiger partial charge >= 0.3 is 15.6 Å². The predicted octanol–water partition coefficient (Wildman–Crippen LogP) is 0.953. The standard InChI is InChI=1S/C18H35NO12P2/c1-11(2)6-5-7-12(3)8-9-28-32(24,25)31-33(26,27)30-18-15(19-13(4)21)17(23)16(22)14(10-20)29-18/h6,12,14-18,20,22-23H,5,7-10H2,1-4H3,(H,19,21)(H,24,25)(H,26,27)/t12-,14?,15?,16?,17?,18?/m1/s1. The summed E-state index contributed by atoms with van der Waals surface area (Å²) in [6, 6.07) is -1.55. The molecule has 13 nitrogen and oxygen atoms in total. The number of hydrogen-bond donors (Lipinski definition) is 6. The van der Waals surface area contributed by atoms with Crippen LogP contribution < -0.4 is 5.32 Å². The molecule has 1 aliphatic heterocycles. The van der Waals surface area contributed by atoms with E-state index >= 15 is 0 Å². The fourth-order valence-corrected chi connectivity index (χ4v) is 5.20. The molecular formula is C18H35NO12P2. The van der Waals surface area contributed by atoms with Crippen LogP contribution in [0.1, 0.15) is 47.0 Å². The van der Waals surface area contributed by atoms with Crippen LogP contribution >= 0.6 is 15.6 Å². The molecule has 1 rings (SSSR count). The Balaban J connectivity index is 2.71. The highest BCUT2D eigenvalue weighted by molar-refractivity contribution is 7.61. The number of allylic oxidation sites excluding steroid dienone is 2. The van der Waals surface area contributed by atoms with E-state index in [4.69, 9.17) is 13.8 Å². The van der Waals surface area contributed by atoms with Crippen molar-refractivity contribution >= 4 is 21.6 Å². The number of rotatable bonds is 13. The lowest BCUT2D eigenvalue weighted by molar-refractivity contribution is -0.247. The van der Waals surface area contributed by atoms with Crippen LogP contribution in [0.25, 0.3) is 0 Å². The molecule has 0 aromatic heterocycles. The number of amides is 1. The van der Waals surface area contributed by atoms with Gasteiger partial charge in [0.1, 0.15) is 24.4 Å². The van der Waals surface area contributed by atoms with Gasteiger partial charge in [-0.15, -0.1) is 0 Å². The second-order valence-electron chi connectivity index (χ2n) is 8.14. The number of nitrogens with one attached hydrogen (secondary N) is 1. The molecule has 6 N–H and O–H groups in total. The quantitative estimate of drug-likeness (QED) is 0.149. The van der Waals surface area contributed by atoms with Crippen molar-refractivity contribution in [2.75, 3.05) is 13.2 Å². The highest BCUT2D eigenvalue weighted by Gasteiger charge is 2.49. The van der Waals surface area contributed by atoms with E-state index in [-0.39, 0.29) is 12.5 Å². The van der Waals surface area contributed by atoms with Gasteiger partial charge in [0.25, 0.3) is 0 Å². The molecule has 0 aromatic rings. The van der Waals surface area contributed by atoms with Crippen LogP contribution in [0.5, 0.6) is 0 Å². The van der Waals surface area contributed by atoms with E-state index in [1.54, 1.807) is 0 Å². The summed E-state index contributed by atoms with van der Waals surface area (Å²) in [5.41, 5.74) is 1.18. The average molecular weight is 519 g/mol. The zero-order valence-electron chi connectivity index (χ0n) is 19.1. The van der Waals surface area contributed by atoms with Crippen LogP contribution in [0.4, 0.5) is 0 Å². The summed E-state index contributed by atoms with van der Waals surface area (Å²) in [5.74, 6) is -0.551. The molecule has 7 unspecified atom stereocenters.